The van der Waals surface area contributed by atoms with Crippen LogP contribution < -0.4 is 5.32 Å². The second kappa shape index (κ2) is 5.77. The number of rotatable bonds is 6. The Kier molecular flexibility index (Phi) is 4.07. The Labute approximate surface area is 99.3 Å². The monoisotopic (exact) mass is 236 g/mol. The zero-order valence-electron chi connectivity index (χ0n) is 9.34. The molecule has 2 heterocycles. The van der Waals surface area contributed by atoms with E-state index >= 15 is 0 Å². The molecule has 1 atom stereocenters. The van der Waals surface area contributed by atoms with Gasteiger partial charge in [-0.2, -0.15) is 5.10 Å². The number of nitrogens with one attached hydrogen (secondary N) is 1. The molecule has 2 aromatic rings. The summed E-state index contributed by atoms with van der Waals surface area (Å²) in [5.74, 6) is 0. The summed E-state index contributed by atoms with van der Waals surface area (Å²) in [6.07, 6.45) is 4.42. The van der Waals surface area contributed by atoms with E-state index in [1.54, 1.807) is 24.0 Å². The highest BCUT2D eigenvalue weighted by atomic mass is 32.1. The van der Waals surface area contributed by atoms with Crippen LogP contribution in [0, 0.1) is 0 Å². The summed E-state index contributed by atoms with van der Waals surface area (Å²) in [6.45, 7) is 3.98. The Morgan fingerprint density at radius 2 is 2.50 bits per heavy atom. The van der Waals surface area contributed by atoms with Gasteiger partial charge in [0.2, 0.25) is 0 Å². The largest absolute Gasteiger partial charge is 0.307 e. The van der Waals surface area contributed by atoms with Crippen molar-refractivity contribution in [1.29, 1.82) is 0 Å². The first-order valence-corrected chi connectivity index (χ1v) is 6.37. The van der Waals surface area contributed by atoms with Crippen LogP contribution in [0.4, 0.5) is 0 Å². The maximum absolute atomic E-state index is 4.07. The molecule has 0 aliphatic heterocycles. The van der Waals surface area contributed by atoms with Crippen LogP contribution >= 0.6 is 11.3 Å². The van der Waals surface area contributed by atoms with Gasteiger partial charge in [-0.15, -0.1) is 11.3 Å². The summed E-state index contributed by atoms with van der Waals surface area (Å²) >= 11 is 1.81. The molecule has 0 spiro atoms. The lowest BCUT2D eigenvalue weighted by Gasteiger charge is -2.15. The minimum absolute atomic E-state index is 0.462. The zero-order valence-corrected chi connectivity index (χ0v) is 10.2. The van der Waals surface area contributed by atoms with Gasteiger partial charge in [-0.1, -0.05) is 13.0 Å². The van der Waals surface area contributed by atoms with Crippen molar-refractivity contribution in [2.75, 3.05) is 6.54 Å². The van der Waals surface area contributed by atoms with Gasteiger partial charge >= 0.3 is 0 Å². The maximum atomic E-state index is 4.07. The molecule has 0 saturated heterocycles. The Hall–Kier alpha value is -1.20. The average molecular weight is 236 g/mol. The number of hydrogen-bond donors (Lipinski definition) is 1. The van der Waals surface area contributed by atoms with Crippen LogP contribution in [0.25, 0.3) is 0 Å². The third kappa shape index (κ3) is 2.90. The predicted molar refractivity (Wildman–Crippen MR) is 65.4 cm³/mol. The minimum Gasteiger partial charge on any atom is -0.307 e. The molecule has 0 bridgehead atoms. The molecule has 0 radical (unpaired) electrons. The Morgan fingerprint density at radius 1 is 1.56 bits per heavy atom. The number of aromatic nitrogens is 3. The van der Waals surface area contributed by atoms with Crippen LogP contribution in [-0.4, -0.2) is 21.3 Å². The van der Waals surface area contributed by atoms with E-state index in [1.165, 1.54) is 4.88 Å². The van der Waals surface area contributed by atoms with Crippen LogP contribution in [-0.2, 0) is 6.54 Å². The van der Waals surface area contributed by atoms with Crippen LogP contribution in [0.3, 0.4) is 0 Å². The number of hydrogen-bond acceptors (Lipinski definition) is 4. The summed E-state index contributed by atoms with van der Waals surface area (Å²) in [6, 6.07) is 4.74. The molecule has 4 nitrogen and oxygen atoms in total. The zero-order chi connectivity index (χ0) is 11.2. The molecule has 16 heavy (non-hydrogen) atoms. The molecule has 0 aromatic carbocycles. The third-order valence-corrected chi connectivity index (χ3v) is 3.48. The van der Waals surface area contributed by atoms with E-state index in [0.717, 1.165) is 19.5 Å². The molecule has 1 unspecified atom stereocenters. The summed E-state index contributed by atoms with van der Waals surface area (Å²) in [4.78, 5) is 5.32. The van der Waals surface area contributed by atoms with Gasteiger partial charge in [0.25, 0.3) is 0 Å². The van der Waals surface area contributed by atoms with Gasteiger partial charge in [0.1, 0.15) is 12.7 Å². The van der Waals surface area contributed by atoms with Crippen molar-refractivity contribution in [3.05, 3.63) is 35.0 Å². The van der Waals surface area contributed by atoms with E-state index < -0.39 is 0 Å². The first-order valence-electron chi connectivity index (χ1n) is 5.49. The molecule has 86 valence electrons. The van der Waals surface area contributed by atoms with Crippen LogP contribution in [0.15, 0.2) is 30.2 Å². The SMILES string of the molecule is CCC(NCCn1cncn1)c1cccs1. The van der Waals surface area contributed by atoms with Crippen LogP contribution in [0.5, 0.6) is 0 Å². The smallest absolute Gasteiger partial charge is 0.137 e. The Balaban J connectivity index is 1.80. The predicted octanol–water partition coefficient (Wildman–Crippen LogP) is 2.08. The second-order valence-corrected chi connectivity index (χ2v) is 4.57. The maximum Gasteiger partial charge on any atom is 0.137 e. The highest BCUT2D eigenvalue weighted by Gasteiger charge is 2.08. The van der Waals surface area contributed by atoms with Crippen molar-refractivity contribution in [3.8, 4) is 0 Å². The van der Waals surface area contributed by atoms with Crippen LogP contribution in [0.1, 0.15) is 24.3 Å². The molecular weight excluding hydrogens is 220 g/mol. The fraction of sp³-hybridized carbons (Fsp3) is 0.455. The van der Waals surface area contributed by atoms with Gasteiger partial charge in [-0.05, 0) is 17.9 Å². The minimum atomic E-state index is 0.462. The number of thiophene rings is 1. The van der Waals surface area contributed by atoms with E-state index in [9.17, 15) is 0 Å². The van der Waals surface area contributed by atoms with Gasteiger partial charge in [-0.3, -0.25) is 4.68 Å². The van der Waals surface area contributed by atoms with Crippen molar-refractivity contribution >= 4 is 11.3 Å². The van der Waals surface area contributed by atoms with Gasteiger partial charge in [0, 0.05) is 17.5 Å². The standard InChI is InChI=1S/C11H16N4S/c1-2-10(11-4-3-7-16-11)13-5-6-15-9-12-8-14-15/h3-4,7-10,13H,2,5-6H2,1H3. The highest BCUT2D eigenvalue weighted by Crippen LogP contribution is 2.21. The quantitative estimate of drug-likeness (QED) is 0.835. The fourth-order valence-corrected chi connectivity index (χ4v) is 2.52. The van der Waals surface area contributed by atoms with Crippen molar-refractivity contribution in [2.45, 2.75) is 25.9 Å². The lowest BCUT2D eigenvalue weighted by molar-refractivity contribution is 0.481. The summed E-state index contributed by atoms with van der Waals surface area (Å²) in [5.41, 5.74) is 0. The van der Waals surface area contributed by atoms with Gasteiger partial charge in [-0.25, -0.2) is 4.98 Å². The van der Waals surface area contributed by atoms with E-state index in [-0.39, 0.29) is 0 Å². The molecule has 0 aliphatic rings. The molecule has 0 amide bonds. The topological polar surface area (TPSA) is 42.7 Å². The van der Waals surface area contributed by atoms with E-state index in [2.05, 4.69) is 39.8 Å². The summed E-state index contributed by atoms with van der Waals surface area (Å²) < 4.78 is 1.84. The lowest BCUT2D eigenvalue weighted by atomic mass is 10.2. The van der Waals surface area contributed by atoms with Crippen molar-refractivity contribution in [2.24, 2.45) is 0 Å². The first kappa shape index (κ1) is 11.3. The average Bonchev–Trinajstić information content (AvgIpc) is 2.96. The Bertz CT molecular complexity index is 382. The second-order valence-electron chi connectivity index (χ2n) is 3.59. The molecule has 2 rings (SSSR count). The molecule has 0 saturated carbocycles. The molecule has 2 aromatic heterocycles. The normalized spacial score (nSPS) is 12.8. The van der Waals surface area contributed by atoms with Gasteiger partial charge < -0.3 is 5.32 Å². The van der Waals surface area contributed by atoms with E-state index in [4.69, 9.17) is 0 Å². The van der Waals surface area contributed by atoms with Crippen molar-refractivity contribution in [3.63, 3.8) is 0 Å². The number of nitrogens with zero attached hydrogens (tertiary/aromatic N) is 3. The molecule has 0 fully saturated rings. The first-order chi connectivity index (χ1) is 7.90. The van der Waals surface area contributed by atoms with Crippen molar-refractivity contribution < 1.29 is 0 Å². The van der Waals surface area contributed by atoms with Gasteiger partial charge in [0.15, 0.2) is 0 Å². The third-order valence-electron chi connectivity index (χ3n) is 2.49. The summed E-state index contributed by atoms with van der Waals surface area (Å²) in [5, 5.41) is 9.72. The molecule has 5 heteroatoms. The van der Waals surface area contributed by atoms with Crippen molar-refractivity contribution in [1.82, 2.24) is 20.1 Å². The van der Waals surface area contributed by atoms with Crippen LogP contribution in [0.2, 0.25) is 0 Å². The molecule has 1 N–H and O–H groups in total. The Morgan fingerprint density at radius 3 is 3.12 bits per heavy atom. The lowest BCUT2D eigenvalue weighted by Crippen LogP contribution is -2.24. The fourth-order valence-electron chi connectivity index (χ4n) is 1.64. The molecule has 0 aliphatic carbocycles. The molecular formula is C11H16N4S. The van der Waals surface area contributed by atoms with E-state index in [0.29, 0.717) is 6.04 Å². The van der Waals surface area contributed by atoms with E-state index in [1.807, 2.05) is 4.68 Å². The van der Waals surface area contributed by atoms with Gasteiger partial charge in [0.05, 0.1) is 6.54 Å². The highest BCUT2D eigenvalue weighted by molar-refractivity contribution is 7.10. The summed E-state index contributed by atoms with van der Waals surface area (Å²) in [7, 11) is 0.